The van der Waals surface area contributed by atoms with E-state index >= 15 is 0 Å². The molecule has 0 atom stereocenters. The molecule has 34 heavy (non-hydrogen) atoms. The molecule has 1 aromatic heterocycles. The van der Waals surface area contributed by atoms with Crippen LogP contribution in [0.3, 0.4) is 0 Å². The fraction of sp³-hybridized carbons (Fsp3) is 0.111. The number of amides is 2. The van der Waals surface area contributed by atoms with E-state index in [-0.39, 0.29) is 18.1 Å². The van der Waals surface area contributed by atoms with Gasteiger partial charge in [-0.2, -0.15) is 0 Å². The Bertz CT molecular complexity index is 1350. The Morgan fingerprint density at radius 3 is 2.62 bits per heavy atom. The Labute approximate surface area is 196 Å². The van der Waals surface area contributed by atoms with E-state index < -0.39 is 11.8 Å². The van der Waals surface area contributed by atoms with Gasteiger partial charge in [-0.15, -0.1) is 0 Å². The molecule has 0 saturated heterocycles. The summed E-state index contributed by atoms with van der Waals surface area (Å²) in [6.07, 6.45) is 3.84. The highest BCUT2D eigenvalue weighted by molar-refractivity contribution is 6.06. The maximum atomic E-state index is 13.4. The van der Waals surface area contributed by atoms with Crippen LogP contribution in [0, 0.1) is 5.82 Å². The minimum atomic E-state index is -0.446. The Hall–Kier alpha value is -4.39. The number of carbonyl (C=O) groups is 2. The zero-order valence-electron chi connectivity index (χ0n) is 18.6. The van der Waals surface area contributed by atoms with Gasteiger partial charge in [-0.3, -0.25) is 9.59 Å². The zero-order chi connectivity index (χ0) is 23.9. The van der Waals surface area contributed by atoms with Gasteiger partial charge in [-0.25, -0.2) is 4.39 Å². The highest BCUT2D eigenvalue weighted by atomic mass is 19.1. The highest BCUT2D eigenvalue weighted by Gasteiger charge is 2.16. The second kappa shape index (κ2) is 10.5. The fourth-order valence-electron chi connectivity index (χ4n) is 3.57. The molecule has 0 aliphatic rings. The molecule has 0 fully saturated rings. The summed E-state index contributed by atoms with van der Waals surface area (Å²) in [5.74, 6) is -0.493. The van der Waals surface area contributed by atoms with Crippen LogP contribution in [0.5, 0.6) is 5.75 Å². The molecule has 0 saturated carbocycles. The first-order chi connectivity index (χ1) is 16.5. The number of halogens is 1. The van der Waals surface area contributed by atoms with Crippen molar-refractivity contribution in [2.24, 2.45) is 0 Å². The number of fused-ring (bicyclic) bond motifs is 1. The van der Waals surface area contributed by atoms with Crippen LogP contribution in [-0.4, -0.2) is 30.5 Å². The Morgan fingerprint density at radius 1 is 1.03 bits per heavy atom. The van der Waals surface area contributed by atoms with Crippen molar-refractivity contribution < 1.29 is 18.7 Å². The Kier molecular flexibility index (Phi) is 7.03. The molecule has 4 aromatic rings. The van der Waals surface area contributed by atoms with E-state index in [0.29, 0.717) is 17.7 Å². The number of methoxy groups -OCH3 is 1. The average Bonchev–Trinajstić information content (AvgIpc) is 3.26. The van der Waals surface area contributed by atoms with Crippen molar-refractivity contribution >= 4 is 28.8 Å². The lowest BCUT2D eigenvalue weighted by atomic mass is 10.1. The van der Waals surface area contributed by atoms with Gasteiger partial charge in [-0.05, 0) is 60.5 Å². The van der Waals surface area contributed by atoms with Gasteiger partial charge in [0.15, 0.2) is 0 Å². The van der Waals surface area contributed by atoms with Crippen molar-refractivity contribution in [2.75, 3.05) is 13.7 Å². The summed E-state index contributed by atoms with van der Waals surface area (Å²) in [5, 5.41) is 6.38. The average molecular weight is 458 g/mol. The summed E-state index contributed by atoms with van der Waals surface area (Å²) < 4.78 is 18.7. The van der Waals surface area contributed by atoms with Crippen LogP contribution in [0.25, 0.3) is 17.0 Å². The molecule has 0 bridgehead atoms. The molecular weight excluding hydrogens is 433 g/mol. The number of hydrogen-bond donors (Lipinski definition) is 3. The molecule has 3 aromatic carbocycles. The summed E-state index contributed by atoms with van der Waals surface area (Å²) in [7, 11) is 1.58. The van der Waals surface area contributed by atoms with Crippen LogP contribution in [0.1, 0.15) is 21.5 Å². The molecule has 4 rings (SSSR count). The normalized spacial score (nSPS) is 11.3. The van der Waals surface area contributed by atoms with Gasteiger partial charge < -0.3 is 20.4 Å². The van der Waals surface area contributed by atoms with E-state index in [1.54, 1.807) is 55.8 Å². The molecule has 6 nitrogen and oxygen atoms in total. The van der Waals surface area contributed by atoms with Gasteiger partial charge in [0.25, 0.3) is 11.8 Å². The van der Waals surface area contributed by atoms with Crippen LogP contribution in [0.15, 0.2) is 84.7 Å². The predicted octanol–water partition coefficient (Wildman–Crippen LogP) is 4.45. The smallest absolute Gasteiger partial charge is 0.267 e. The van der Waals surface area contributed by atoms with Crippen LogP contribution in [-0.2, 0) is 11.2 Å². The molecule has 2 amide bonds. The summed E-state index contributed by atoms with van der Waals surface area (Å²) in [6, 6.07) is 20.5. The summed E-state index contributed by atoms with van der Waals surface area (Å²) in [6.45, 7) is 0.280. The third kappa shape index (κ3) is 5.50. The number of nitrogens with one attached hydrogen (secondary N) is 3. The molecule has 1 heterocycles. The number of ether oxygens (including phenoxy) is 1. The van der Waals surface area contributed by atoms with Gasteiger partial charge >= 0.3 is 0 Å². The summed E-state index contributed by atoms with van der Waals surface area (Å²) in [4.78, 5) is 29.0. The van der Waals surface area contributed by atoms with Crippen molar-refractivity contribution in [1.82, 2.24) is 15.6 Å². The van der Waals surface area contributed by atoms with Crippen molar-refractivity contribution in [1.29, 1.82) is 0 Å². The molecule has 7 heteroatoms. The lowest BCUT2D eigenvalue weighted by Gasteiger charge is -2.11. The van der Waals surface area contributed by atoms with Crippen LogP contribution < -0.4 is 15.4 Å². The number of H-pyrrole nitrogens is 1. The quantitative estimate of drug-likeness (QED) is 0.342. The topological polar surface area (TPSA) is 83.2 Å². The molecule has 0 radical (unpaired) electrons. The minimum Gasteiger partial charge on any atom is -0.497 e. The number of rotatable bonds is 8. The van der Waals surface area contributed by atoms with Crippen LogP contribution >= 0.6 is 0 Å². The van der Waals surface area contributed by atoms with Crippen molar-refractivity contribution in [3.63, 3.8) is 0 Å². The van der Waals surface area contributed by atoms with Crippen molar-refractivity contribution in [3.8, 4) is 5.75 Å². The van der Waals surface area contributed by atoms with Gasteiger partial charge in [0.1, 0.15) is 17.3 Å². The van der Waals surface area contributed by atoms with Crippen LogP contribution in [0.4, 0.5) is 4.39 Å². The predicted molar refractivity (Wildman–Crippen MR) is 130 cm³/mol. The molecule has 0 aliphatic carbocycles. The molecule has 172 valence electrons. The zero-order valence-corrected chi connectivity index (χ0v) is 18.6. The second-order valence-corrected chi connectivity index (χ2v) is 7.67. The van der Waals surface area contributed by atoms with E-state index in [1.807, 2.05) is 24.3 Å². The highest BCUT2D eigenvalue weighted by Crippen LogP contribution is 2.25. The van der Waals surface area contributed by atoms with Gasteiger partial charge in [0.05, 0.1) is 7.11 Å². The molecular formula is C27H24FN3O3. The number of aromatic amines is 1. The van der Waals surface area contributed by atoms with Gasteiger partial charge in [0, 0.05) is 34.8 Å². The summed E-state index contributed by atoms with van der Waals surface area (Å²) >= 11 is 0. The van der Waals surface area contributed by atoms with E-state index in [4.69, 9.17) is 4.74 Å². The van der Waals surface area contributed by atoms with Gasteiger partial charge in [0.2, 0.25) is 0 Å². The second-order valence-electron chi connectivity index (χ2n) is 7.67. The SMILES string of the molecule is COc1ccc2[nH]cc(/C=C(\NC(=O)c3ccccc3)C(=O)NCCc3cccc(F)c3)c2c1. The minimum absolute atomic E-state index is 0.0943. The number of carbonyl (C=O) groups excluding carboxylic acids is 2. The van der Waals surface area contributed by atoms with Crippen molar-refractivity contribution in [3.05, 3.63) is 107 Å². The van der Waals surface area contributed by atoms with E-state index in [0.717, 1.165) is 22.0 Å². The first-order valence-corrected chi connectivity index (χ1v) is 10.8. The standard InChI is InChI=1S/C27H24FN3O3/c1-34-22-10-11-24-23(16-22)20(17-30-24)15-25(31-26(32)19-7-3-2-4-8-19)27(33)29-13-12-18-6-5-9-21(28)14-18/h2-11,14-17,30H,12-13H2,1H3,(H,29,33)(H,31,32)/b25-15-. The maximum Gasteiger partial charge on any atom is 0.267 e. The maximum absolute atomic E-state index is 13.4. The van der Waals surface area contributed by atoms with E-state index in [9.17, 15) is 14.0 Å². The first-order valence-electron chi connectivity index (χ1n) is 10.8. The molecule has 0 spiro atoms. The first kappa shape index (κ1) is 22.8. The Balaban J connectivity index is 1.58. The number of aromatic nitrogens is 1. The van der Waals surface area contributed by atoms with E-state index in [1.165, 1.54) is 12.1 Å². The number of benzene rings is 3. The van der Waals surface area contributed by atoms with Crippen molar-refractivity contribution in [2.45, 2.75) is 6.42 Å². The third-order valence-electron chi connectivity index (χ3n) is 5.34. The lowest BCUT2D eigenvalue weighted by Crippen LogP contribution is -2.35. The summed E-state index contributed by atoms with van der Waals surface area (Å²) in [5.41, 5.74) is 2.88. The van der Waals surface area contributed by atoms with Gasteiger partial charge in [-0.1, -0.05) is 30.3 Å². The monoisotopic (exact) mass is 457 g/mol. The largest absolute Gasteiger partial charge is 0.497 e. The van der Waals surface area contributed by atoms with E-state index in [2.05, 4.69) is 15.6 Å². The molecule has 0 unspecified atom stereocenters. The third-order valence-corrected chi connectivity index (χ3v) is 5.34. The lowest BCUT2D eigenvalue weighted by molar-refractivity contribution is -0.117. The molecule has 0 aliphatic heterocycles. The van der Waals surface area contributed by atoms with Crippen LogP contribution in [0.2, 0.25) is 0 Å². The number of hydrogen-bond acceptors (Lipinski definition) is 3. The molecule has 3 N–H and O–H groups in total. The Morgan fingerprint density at radius 2 is 1.85 bits per heavy atom. The fourth-order valence-corrected chi connectivity index (χ4v) is 3.57.